The van der Waals surface area contributed by atoms with Gasteiger partial charge in [0.25, 0.3) is 0 Å². The Morgan fingerprint density at radius 2 is 1.61 bits per heavy atom. The molecule has 162 valence electrons. The Hall–Kier alpha value is -2.99. The summed E-state index contributed by atoms with van der Waals surface area (Å²) in [6, 6.07) is 11.1. The van der Waals surface area contributed by atoms with Gasteiger partial charge in [0.15, 0.2) is 17.3 Å². The summed E-state index contributed by atoms with van der Waals surface area (Å²) in [4.78, 5) is 25.8. The van der Waals surface area contributed by atoms with Crippen molar-refractivity contribution in [3.8, 4) is 17.2 Å². The minimum absolute atomic E-state index is 0.0324. The summed E-state index contributed by atoms with van der Waals surface area (Å²) in [6.45, 7) is 0. The number of carbonyl (C=O) groups is 2. The Bertz CT molecular complexity index is 1050. The van der Waals surface area contributed by atoms with Crippen molar-refractivity contribution in [3.63, 3.8) is 0 Å². The van der Waals surface area contributed by atoms with Gasteiger partial charge < -0.3 is 19.5 Å². The third kappa shape index (κ3) is 4.00. The fourth-order valence-electron chi connectivity index (χ4n) is 4.54. The normalized spacial score (nSPS) is 20.8. The molecule has 2 aromatic carbocycles. The van der Waals surface area contributed by atoms with E-state index in [1.807, 2.05) is 30.3 Å². The van der Waals surface area contributed by atoms with Gasteiger partial charge in [-0.1, -0.05) is 23.7 Å². The largest absolute Gasteiger partial charge is 0.493 e. The van der Waals surface area contributed by atoms with Crippen LogP contribution in [0.3, 0.4) is 0 Å². The first-order valence-electron chi connectivity index (χ1n) is 10.1. The lowest BCUT2D eigenvalue weighted by atomic mass is 9.73. The van der Waals surface area contributed by atoms with Crippen LogP contribution in [-0.4, -0.2) is 33.0 Å². The molecule has 1 aliphatic heterocycles. The average Bonchev–Trinajstić information content (AvgIpc) is 2.77. The maximum Gasteiger partial charge on any atom is 0.225 e. The van der Waals surface area contributed by atoms with Crippen LogP contribution in [0.25, 0.3) is 0 Å². The monoisotopic (exact) mass is 441 g/mol. The van der Waals surface area contributed by atoms with E-state index in [1.54, 1.807) is 27.4 Å². The summed E-state index contributed by atoms with van der Waals surface area (Å²) >= 11 is 6.16. The second kappa shape index (κ2) is 8.63. The predicted molar refractivity (Wildman–Crippen MR) is 117 cm³/mol. The molecule has 2 atom stereocenters. The van der Waals surface area contributed by atoms with Crippen LogP contribution in [-0.2, 0) is 9.59 Å². The van der Waals surface area contributed by atoms with Crippen LogP contribution < -0.4 is 19.5 Å². The number of allylic oxidation sites excluding steroid dienone is 2. The summed E-state index contributed by atoms with van der Waals surface area (Å²) in [6.07, 6.45) is 1.12. The van der Waals surface area contributed by atoms with Crippen LogP contribution >= 0.6 is 11.6 Å². The van der Waals surface area contributed by atoms with Gasteiger partial charge in [-0.05, 0) is 47.7 Å². The maximum absolute atomic E-state index is 13.3. The summed E-state index contributed by atoms with van der Waals surface area (Å²) in [5.74, 6) is 1.12. The molecular formula is C24H24ClNO5. The SMILES string of the molecule is COc1cc([C@@H]2CC(=O)C3=C(C2)NC(=O)C[C@H]3c2cccc(Cl)c2)cc(OC)c1OC. The molecule has 31 heavy (non-hydrogen) atoms. The molecule has 1 aliphatic carbocycles. The number of methoxy groups -OCH3 is 3. The number of hydrogen-bond donors (Lipinski definition) is 1. The second-order valence-corrected chi connectivity index (χ2v) is 8.18. The van der Waals surface area contributed by atoms with E-state index in [2.05, 4.69) is 5.32 Å². The summed E-state index contributed by atoms with van der Waals surface area (Å²) < 4.78 is 16.3. The number of amides is 1. The van der Waals surface area contributed by atoms with Gasteiger partial charge in [-0.25, -0.2) is 0 Å². The number of benzene rings is 2. The first kappa shape index (κ1) is 21.2. The smallest absolute Gasteiger partial charge is 0.225 e. The molecular weight excluding hydrogens is 418 g/mol. The highest BCUT2D eigenvalue weighted by Crippen LogP contribution is 2.46. The van der Waals surface area contributed by atoms with Crippen LogP contribution in [0.5, 0.6) is 17.2 Å². The highest BCUT2D eigenvalue weighted by Gasteiger charge is 2.38. The molecule has 1 heterocycles. The lowest BCUT2D eigenvalue weighted by Crippen LogP contribution is -2.38. The van der Waals surface area contributed by atoms with Crippen LogP contribution in [0, 0.1) is 0 Å². The van der Waals surface area contributed by atoms with Crippen molar-refractivity contribution in [1.82, 2.24) is 5.32 Å². The van der Waals surface area contributed by atoms with E-state index in [-0.39, 0.29) is 29.9 Å². The van der Waals surface area contributed by atoms with E-state index in [1.165, 1.54) is 0 Å². The van der Waals surface area contributed by atoms with Crippen molar-refractivity contribution in [3.05, 3.63) is 63.8 Å². The van der Waals surface area contributed by atoms with E-state index in [4.69, 9.17) is 25.8 Å². The zero-order valence-electron chi connectivity index (χ0n) is 17.7. The van der Waals surface area contributed by atoms with Crippen molar-refractivity contribution in [1.29, 1.82) is 0 Å². The van der Waals surface area contributed by atoms with Gasteiger partial charge in [-0.3, -0.25) is 9.59 Å². The number of carbonyl (C=O) groups excluding carboxylic acids is 2. The highest BCUT2D eigenvalue weighted by molar-refractivity contribution is 6.30. The van der Waals surface area contributed by atoms with Crippen LogP contribution in [0.2, 0.25) is 5.02 Å². The fourth-order valence-corrected chi connectivity index (χ4v) is 4.74. The highest BCUT2D eigenvalue weighted by atomic mass is 35.5. The quantitative estimate of drug-likeness (QED) is 0.745. The number of nitrogens with one attached hydrogen (secondary N) is 1. The third-order valence-electron chi connectivity index (χ3n) is 5.95. The number of ketones is 1. The molecule has 0 bridgehead atoms. The Balaban J connectivity index is 1.73. The number of rotatable bonds is 5. The van der Waals surface area contributed by atoms with E-state index >= 15 is 0 Å². The van der Waals surface area contributed by atoms with Gasteiger partial charge in [-0.2, -0.15) is 0 Å². The van der Waals surface area contributed by atoms with Crippen molar-refractivity contribution in [2.75, 3.05) is 21.3 Å². The molecule has 1 N–H and O–H groups in total. The van der Waals surface area contributed by atoms with Gasteiger partial charge in [0.05, 0.1) is 21.3 Å². The molecule has 0 saturated heterocycles. The summed E-state index contributed by atoms with van der Waals surface area (Å²) in [7, 11) is 4.67. The van der Waals surface area contributed by atoms with E-state index in [0.717, 1.165) is 11.1 Å². The summed E-state index contributed by atoms with van der Waals surface area (Å²) in [5.41, 5.74) is 3.16. The third-order valence-corrected chi connectivity index (χ3v) is 6.18. The topological polar surface area (TPSA) is 73.9 Å². The molecule has 0 fully saturated rings. The Kier molecular flexibility index (Phi) is 5.92. The van der Waals surface area contributed by atoms with Crippen LogP contribution in [0.15, 0.2) is 47.7 Å². The second-order valence-electron chi connectivity index (χ2n) is 7.74. The fraction of sp³-hybridized carbons (Fsp3) is 0.333. The molecule has 0 aromatic heterocycles. The number of Topliss-reactive ketones (excluding diaryl/α,β-unsaturated/α-hetero) is 1. The predicted octanol–water partition coefficient (Wildman–Crippen LogP) is 4.37. The minimum atomic E-state index is -0.282. The molecule has 0 spiro atoms. The standard InChI is InChI=1S/C24H24ClNO5/c1-29-20-10-15(11-21(30-2)24(20)31-3)14-8-18-23(19(27)9-14)17(12-22(28)26-18)13-5-4-6-16(25)7-13/h4-7,10-11,14,17H,8-9,12H2,1-3H3,(H,26,28)/t14-,17-/m0/s1. The zero-order chi connectivity index (χ0) is 22.1. The summed E-state index contributed by atoms with van der Waals surface area (Å²) in [5, 5.41) is 3.53. The first-order chi connectivity index (χ1) is 14.9. The number of hydrogen-bond acceptors (Lipinski definition) is 5. The van der Waals surface area contributed by atoms with Crippen molar-refractivity contribution in [2.45, 2.75) is 31.1 Å². The van der Waals surface area contributed by atoms with Gasteiger partial charge in [-0.15, -0.1) is 0 Å². The van der Waals surface area contributed by atoms with Crippen molar-refractivity contribution < 1.29 is 23.8 Å². The molecule has 7 heteroatoms. The Morgan fingerprint density at radius 3 is 2.23 bits per heavy atom. The van der Waals surface area contributed by atoms with Crippen molar-refractivity contribution in [2.24, 2.45) is 0 Å². The Morgan fingerprint density at radius 1 is 0.903 bits per heavy atom. The molecule has 2 aromatic rings. The van der Waals surface area contributed by atoms with Gasteiger partial charge in [0, 0.05) is 35.1 Å². The van der Waals surface area contributed by atoms with Gasteiger partial charge in [0.1, 0.15) is 0 Å². The minimum Gasteiger partial charge on any atom is -0.493 e. The molecule has 0 radical (unpaired) electrons. The van der Waals surface area contributed by atoms with Crippen LogP contribution in [0.4, 0.5) is 0 Å². The van der Waals surface area contributed by atoms with Crippen molar-refractivity contribution >= 4 is 23.3 Å². The number of halogens is 1. The van der Waals surface area contributed by atoms with E-state index < -0.39 is 0 Å². The first-order valence-corrected chi connectivity index (χ1v) is 10.4. The Labute approximate surface area is 186 Å². The molecule has 0 unspecified atom stereocenters. The lowest BCUT2D eigenvalue weighted by molar-refractivity contribution is -0.122. The molecule has 0 saturated carbocycles. The van der Waals surface area contributed by atoms with E-state index in [9.17, 15) is 9.59 Å². The zero-order valence-corrected chi connectivity index (χ0v) is 18.4. The van der Waals surface area contributed by atoms with E-state index in [0.29, 0.717) is 46.4 Å². The molecule has 1 amide bonds. The average molecular weight is 442 g/mol. The van der Waals surface area contributed by atoms with Crippen LogP contribution in [0.1, 0.15) is 42.2 Å². The number of ether oxygens (including phenoxy) is 3. The molecule has 4 rings (SSSR count). The van der Waals surface area contributed by atoms with Gasteiger partial charge in [0.2, 0.25) is 11.7 Å². The molecule has 2 aliphatic rings. The maximum atomic E-state index is 13.3. The molecule has 6 nitrogen and oxygen atoms in total. The lowest BCUT2D eigenvalue weighted by Gasteiger charge is -2.34. The van der Waals surface area contributed by atoms with Gasteiger partial charge >= 0.3 is 0 Å².